The minimum absolute atomic E-state index is 0.734. The van der Waals surface area contributed by atoms with Crippen LogP contribution in [0.25, 0.3) is 11.6 Å². The molecule has 0 aliphatic heterocycles. The van der Waals surface area contributed by atoms with E-state index in [-0.39, 0.29) is 0 Å². The van der Waals surface area contributed by atoms with Crippen LogP contribution in [0.3, 0.4) is 0 Å². The van der Waals surface area contributed by atoms with Crippen molar-refractivity contribution in [2.75, 3.05) is 14.2 Å². The highest BCUT2D eigenvalue weighted by Crippen LogP contribution is 2.20. The lowest BCUT2D eigenvalue weighted by Gasteiger charge is -2.06. The number of imidazole rings is 2. The summed E-state index contributed by atoms with van der Waals surface area (Å²) in [6, 6.07) is 0. The maximum atomic E-state index is 5.47. The van der Waals surface area contributed by atoms with E-state index in [9.17, 15) is 0 Å². The van der Waals surface area contributed by atoms with Crippen molar-refractivity contribution in [1.29, 1.82) is 0 Å². The molecule has 0 spiro atoms. The summed E-state index contributed by atoms with van der Waals surface area (Å²) >= 11 is 0. The molecule has 2 rings (SSSR count). The highest BCUT2D eigenvalue weighted by molar-refractivity contribution is 5.44. The van der Waals surface area contributed by atoms with Crippen LogP contribution in [0.15, 0.2) is 0 Å². The van der Waals surface area contributed by atoms with E-state index in [0.717, 1.165) is 34.4 Å². The maximum absolute atomic E-state index is 5.47. The van der Waals surface area contributed by atoms with E-state index < -0.39 is 0 Å². The van der Waals surface area contributed by atoms with Gasteiger partial charge in [-0.25, -0.2) is 9.55 Å². The number of nitrogens with zero attached hydrogens (tertiary/aromatic N) is 4. The predicted molar refractivity (Wildman–Crippen MR) is 70.8 cm³/mol. The smallest absolute Gasteiger partial charge is 0.368 e. The zero-order chi connectivity index (χ0) is 14.3. The Labute approximate surface area is 113 Å². The van der Waals surface area contributed by atoms with Gasteiger partial charge in [-0.3, -0.25) is 0 Å². The van der Waals surface area contributed by atoms with E-state index in [1.165, 1.54) is 0 Å². The van der Waals surface area contributed by atoms with Gasteiger partial charge in [0, 0.05) is 13.8 Å². The zero-order valence-electron chi connectivity index (χ0n) is 12.6. The summed E-state index contributed by atoms with van der Waals surface area (Å²) in [5, 5.41) is 0. The third-order valence-corrected chi connectivity index (χ3v) is 3.70. The first-order valence-electron chi connectivity index (χ1n) is 6.17. The molecule has 0 amide bonds. The molecule has 0 radical (unpaired) electrons. The highest BCUT2D eigenvalue weighted by atomic mass is 16.7. The van der Waals surface area contributed by atoms with Crippen molar-refractivity contribution < 1.29 is 14.2 Å². The summed E-state index contributed by atoms with van der Waals surface area (Å²) in [7, 11) is 5.28. The maximum Gasteiger partial charge on any atom is 0.368 e. The summed E-state index contributed by atoms with van der Waals surface area (Å²) in [6.45, 7) is 8.01. The topological polar surface area (TPSA) is 45.1 Å². The molecular formula is C13H21N4O2+. The van der Waals surface area contributed by atoms with Crippen molar-refractivity contribution in [2.24, 2.45) is 7.05 Å². The second kappa shape index (κ2) is 4.60. The first kappa shape index (κ1) is 13.5. The molecule has 0 fully saturated rings. The molecule has 0 aliphatic rings. The van der Waals surface area contributed by atoms with Crippen LogP contribution >= 0.6 is 0 Å². The van der Waals surface area contributed by atoms with Gasteiger partial charge in [0.2, 0.25) is 0 Å². The lowest BCUT2D eigenvalue weighted by molar-refractivity contribution is -0.667. The van der Waals surface area contributed by atoms with E-state index in [1.807, 2.05) is 34.7 Å². The van der Waals surface area contributed by atoms with Gasteiger partial charge >= 0.3 is 5.82 Å². The van der Waals surface area contributed by atoms with Crippen LogP contribution in [0.1, 0.15) is 22.8 Å². The molecule has 104 valence electrons. The third kappa shape index (κ3) is 1.78. The highest BCUT2D eigenvalue weighted by Gasteiger charge is 2.31. The summed E-state index contributed by atoms with van der Waals surface area (Å²) in [5.74, 6) is 1.59. The Kier molecular flexibility index (Phi) is 3.26. The van der Waals surface area contributed by atoms with Gasteiger partial charge in [-0.05, 0) is 18.6 Å². The average Bonchev–Trinajstić information content (AvgIpc) is 2.79. The van der Waals surface area contributed by atoms with Gasteiger partial charge in [0.15, 0.2) is 5.69 Å². The monoisotopic (exact) mass is 265 g/mol. The molecule has 0 atom stereocenters. The molecule has 6 nitrogen and oxygen atoms in total. The van der Waals surface area contributed by atoms with Crippen LogP contribution < -0.4 is 14.2 Å². The standard InChI is InChI=1S/C13H21N4O2/c1-8-9(2)16(18-6)12(14-8)13-15(5)10(3)11(4)17(13)19-7/h1-7H3/q+1. The average molecular weight is 265 g/mol. The molecule has 0 N–H and O–H groups in total. The second-order valence-electron chi connectivity index (χ2n) is 4.61. The van der Waals surface area contributed by atoms with E-state index in [0.29, 0.717) is 0 Å². The minimum Gasteiger partial charge on any atom is -0.415 e. The summed E-state index contributed by atoms with van der Waals surface area (Å²) in [6.07, 6.45) is 0. The van der Waals surface area contributed by atoms with Crippen molar-refractivity contribution in [3.8, 4) is 11.6 Å². The van der Waals surface area contributed by atoms with Gasteiger partial charge in [-0.1, -0.05) is 0 Å². The Balaban J connectivity index is 2.79. The Morgan fingerprint density at radius 3 is 2.05 bits per heavy atom. The minimum atomic E-state index is 0.734. The van der Waals surface area contributed by atoms with Gasteiger partial charge in [0.05, 0.1) is 18.4 Å². The summed E-state index contributed by atoms with van der Waals surface area (Å²) in [4.78, 5) is 15.5. The molecule has 0 aromatic carbocycles. The van der Waals surface area contributed by atoms with Crippen LogP contribution in [0.2, 0.25) is 0 Å². The molecular weight excluding hydrogens is 244 g/mol. The van der Waals surface area contributed by atoms with Crippen molar-refractivity contribution in [2.45, 2.75) is 27.7 Å². The fraction of sp³-hybridized carbons (Fsp3) is 0.538. The summed E-state index contributed by atoms with van der Waals surface area (Å²) in [5.41, 5.74) is 4.09. The van der Waals surface area contributed by atoms with Crippen LogP contribution in [-0.2, 0) is 7.05 Å². The Morgan fingerprint density at radius 2 is 1.53 bits per heavy atom. The van der Waals surface area contributed by atoms with Crippen molar-refractivity contribution in [3.63, 3.8) is 0 Å². The van der Waals surface area contributed by atoms with Crippen molar-refractivity contribution in [1.82, 2.24) is 14.4 Å². The van der Waals surface area contributed by atoms with Crippen LogP contribution in [-0.4, -0.2) is 28.7 Å². The van der Waals surface area contributed by atoms with E-state index in [1.54, 1.807) is 23.7 Å². The molecule has 2 aromatic heterocycles. The SMILES string of the molecule is COn1c(-c2n(OC)c(C)c(C)[n+]2C)nc(C)c1C. The molecule has 19 heavy (non-hydrogen) atoms. The molecule has 6 heteroatoms. The Morgan fingerprint density at radius 1 is 0.947 bits per heavy atom. The van der Waals surface area contributed by atoms with Gasteiger partial charge in [0.1, 0.15) is 19.9 Å². The lowest BCUT2D eigenvalue weighted by atomic mass is 10.4. The number of aryl methyl sites for hydroxylation is 1. The van der Waals surface area contributed by atoms with Gasteiger partial charge in [0.25, 0.3) is 5.82 Å². The largest absolute Gasteiger partial charge is 0.415 e. The lowest BCUT2D eigenvalue weighted by Crippen LogP contribution is -2.34. The molecule has 0 aliphatic carbocycles. The quantitative estimate of drug-likeness (QED) is 0.760. The molecule has 0 bridgehead atoms. The second-order valence-corrected chi connectivity index (χ2v) is 4.61. The first-order valence-corrected chi connectivity index (χ1v) is 6.17. The summed E-state index contributed by atoms with van der Waals surface area (Å²) < 4.78 is 5.54. The van der Waals surface area contributed by atoms with Crippen LogP contribution in [0.5, 0.6) is 0 Å². The first-order chi connectivity index (χ1) is 8.93. The fourth-order valence-electron chi connectivity index (χ4n) is 2.26. The number of hydrogen-bond acceptors (Lipinski definition) is 3. The fourth-order valence-corrected chi connectivity index (χ4v) is 2.26. The Hall–Kier alpha value is -1.98. The van der Waals surface area contributed by atoms with Gasteiger partial charge in [-0.15, -0.1) is 0 Å². The van der Waals surface area contributed by atoms with Gasteiger partial charge < -0.3 is 9.68 Å². The molecule has 0 saturated heterocycles. The third-order valence-electron chi connectivity index (χ3n) is 3.70. The predicted octanol–water partition coefficient (Wildman–Crippen LogP) is 0.527. The van der Waals surface area contributed by atoms with Crippen LogP contribution in [0.4, 0.5) is 0 Å². The van der Waals surface area contributed by atoms with E-state index in [2.05, 4.69) is 9.55 Å². The van der Waals surface area contributed by atoms with Gasteiger partial charge in [-0.2, -0.15) is 4.73 Å². The van der Waals surface area contributed by atoms with Crippen molar-refractivity contribution >= 4 is 0 Å². The number of aromatic nitrogens is 4. The molecule has 0 unspecified atom stereocenters. The van der Waals surface area contributed by atoms with E-state index in [4.69, 9.17) is 9.68 Å². The normalized spacial score (nSPS) is 10.9. The number of rotatable bonds is 3. The van der Waals surface area contributed by atoms with Crippen LogP contribution in [0, 0.1) is 27.7 Å². The number of hydrogen-bond donors (Lipinski definition) is 0. The molecule has 2 aromatic rings. The Bertz CT molecular complexity index is 625. The zero-order valence-corrected chi connectivity index (χ0v) is 12.6. The molecule has 2 heterocycles. The molecule has 0 saturated carbocycles. The van der Waals surface area contributed by atoms with E-state index >= 15 is 0 Å². The van der Waals surface area contributed by atoms with Crippen molar-refractivity contribution in [3.05, 3.63) is 22.8 Å².